The normalized spacial score (nSPS) is 10.9. The Kier molecular flexibility index (Phi) is 11.3. The SMILES string of the molecule is COCOc1cc(OCCN=[N+]=[N-])cc(C[Se]c2ccccc2)c1C(=O)OCC[Si](C)(C)C. The summed E-state index contributed by atoms with van der Waals surface area (Å²) in [6, 6.07) is 14.5. The van der Waals surface area contributed by atoms with Crippen LogP contribution >= 0.6 is 0 Å². The number of azide groups is 1. The van der Waals surface area contributed by atoms with E-state index in [-0.39, 0.29) is 34.9 Å². The molecule has 0 N–H and O–H groups in total. The minimum absolute atomic E-state index is 0.0133. The molecule has 0 aliphatic carbocycles. The van der Waals surface area contributed by atoms with E-state index >= 15 is 0 Å². The van der Waals surface area contributed by atoms with Gasteiger partial charge in [-0.2, -0.15) is 0 Å². The van der Waals surface area contributed by atoms with Gasteiger partial charge in [0, 0.05) is 0 Å². The molecule has 178 valence electrons. The van der Waals surface area contributed by atoms with Crippen LogP contribution in [0.2, 0.25) is 25.7 Å². The molecule has 0 fully saturated rings. The van der Waals surface area contributed by atoms with Gasteiger partial charge in [0.2, 0.25) is 0 Å². The first-order valence-electron chi connectivity index (χ1n) is 10.6. The van der Waals surface area contributed by atoms with Crippen LogP contribution < -0.4 is 13.9 Å². The zero-order valence-electron chi connectivity index (χ0n) is 19.6. The predicted octanol–water partition coefficient (Wildman–Crippen LogP) is 4.38. The number of carbonyl (C=O) groups is 1. The molecule has 0 radical (unpaired) electrons. The van der Waals surface area contributed by atoms with Crippen molar-refractivity contribution in [2.45, 2.75) is 31.0 Å². The third-order valence-electron chi connectivity index (χ3n) is 4.44. The van der Waals surface area contributed by atoms with Gasteiger partial charge in [-0.25, -0.2) is 0 Å². The van der Waals surface area contributed by atoms with E-state index in [0.717, 1.165) is 11.6 Å². The van der Waals surface area contributed by atoms with E-state index in [1.807, 2.05) is 24.3 Å². The second-order valence-electron chi connectivity index (χ2n) is 8.36. The van der Waals surface area contributed by atoms with Crippen molar-refractivity contribution in [3.05, 3.63) is 64.0 Å². The first-order valence-corrected chi connectivity index (χ1v) is 16.4. The van der Waals surface area contributed by atoms with E-state index in [1.165, 1.54) is 11.6 Å². The molecule has 0 saturated heterocycles. The summed E-state index contributed by atoms with van der Waals surface area (Å²) in [4.78, 5) is 15.9. The molecule has 2 aromatic rings. The predicted molar refractivity (Wildman–Crippen MR) is 132 cm³/mol. The van der Waals surface area contributed by atoms with Crippen molar-refractivity contribution in [3.8, 4) is 11.5 Å². The van der Waals surface area contributed by atoms with Crippen LogP contribution in [-0.4, -0.2) is 62.7 Å². The van der Waals surface area contributed by atoms with Gasteiger partial charge >= 0.3 is 203 Å². The molecule has 0 aliphatic heterocycles. The van der Waals surface area contributed by atoms with Gasteiger partial charge in [0.05, 0.1) is 0 Å². The molecule has 0 aliphatic rings. The number of nitrogens with zero attached hydrogens (tertiary/aromatic N) is 3. The van der Waals surface area contributed by atoms with Gasteiger partial charge < -0.3 is 0 Å². The van der Waals surface area contributed by atoms with Gasteiger partial charge in [-0.05, 0) is 0 Å². The van der Waals surface area contributed by atoms with Crippen molar-refractivity contribution in [2.24, 2.45) is 5.11 Å². The second kappa shape index (κ2) is 13.9. The molecular formula is C23H31N3O5SeSi. The van der Waals surface area contributed by atoms with Crippen LogP contribution in [0.15, 0.2) is 47.6 Å². The van der Waals surface area contributed by atoms with Gasteiger partial charge in [0.15, 0.2) is 0 Å². The Hall–Kier alpha value is -2.48. The number of esters is 1. The van der Waals surface area contributed by atoms with Crippen LogP contribution in [0.3, 0.4) is 0 Å². The summed E-state index contributed by atoms with van der Waals surface area (Å²) in [5.41, 5.74) is 9.67. The molecule has 0 atom stereocenters. The molecule has 8 nitrogen and oxygen atoms in total. The summed E-state index contributed by atoms with van der Waals surface area (Å²) < 4.78 is 23.4. The van der Waals surface area contributed by atoms with Gasteiger partial charge in [0.25, 0.3) is 0 Å². The van der Waals surface area contributed by atoms with Crippen LogP contribution in [0.4, 0.5) is 0 Å². The van der Waals surface area contributed by atoms with Crippen LogP contribution in [0.5, 0.6) is 11.5 Å². The number of hydrogen-bond acceptors (Lipinski definition) is 6. The first kappa shape index (κ1) is 26.8. The standard InChI is InChI=1S/C23H31N3O5SeSi/c1-28-17-31-21-15-19(29-11-10-25-26-24)14-18(16-32-20-8-6-5-7-9-20)22(21)23(27)30-12-13-33(2,3)4/h5-9,14-15H,10-13,16-17H2,1-4H3. The van der Waals surface area contributed by atoms with E-state index in [1.54, 1.807) is 6.07 Å². The van der Waals surface area contributed by atoms with Crippen LogP contribution in [0.25, 0.3) is 10.4 Å². The summed E-state index contributed by atoms with van der Waals surface area (Å²) in [5, 5.41) is 4.15. The molecule has 0 bridgehead atoms. The molecule has 0 unspecified atom stereocenters. The number of carbonyl (C=O) groups excluding carboxylic acids is 1. The Morgan fingerprint density at radius 1 is 1.12 bits per heavy atom. The molecular weight excluding hydrogens is 505 g/mol. The summed E-state index contributed by atoms with van der Waals surface area (Å²) in [7, 11) is 0.176. The average molecular weight is 537 g/mol. The number of methoxy groups -OCH3 is 1. The zero-order valence-corrected chi connectivity index (χ0v) is 22.3. The van der Waals surface area contributed by atoms with Crippen LogP contribution in [0.1, 0.15) is 15.9 Å². The van der Waals surface area contributed by atoms with Gasteiger partial charge in [-0.3, -0.25) is 0 Å². The maximum absolute atomic E-state index is 13.1. The zero-order chi connectivity index (χ0) is 24.1. The minimum atomic E-state index is -1.34. The fraction of sp³-hybridized carbons (Fsp3) is 0.435. The monoisotopic (exact) mass is 537 g/mol. The van der Waals surface area contributed by atoms with Crippen LogP contribution in [0, 0.1) is 0 Å². The summed E-state index contributed by atoms with van der Waals surface area (Å²) >= 11 is 0.0941. The number of benzene rings is 2. The van der Waals surface area contributed by atoms with Crippen molar-refractivity contribution < 1.29 is 23.7 Å². The molecule has 0 amide bonds. The molecule has 2 rings (SSSR count). The van der Waals surface area contributed by atoms with Gasteiger partial charge in [-0.1, -0.05) is 0 Å². The molecule has 10 heteroatoms. The Balaban J connectivity index is 2.34. The molecule has 0 saturated carbocycles. The maximum atomic E-state index is 13.1. The second-order valence-corrected chi connectivity index (χ2v) is 16.2. The number of hydrogen-bond donors (Lipinski definition) is 0. The number of ether oxygens (including phenoxy) is 4. The quantitative estimate of drug-likeness (QED) is 0.0678. The van der Waals surface area contributed by atoms with E-state index < -0.39 is 14.0 Å². The average Bonchev–Trinajstić information content (AvgIpc) is 2.78. The van der Waals surface area contributed by atoms with E-state index in [4.69, 9.17) is 24.5 Å². The molecule has 0 heterocycles. The van der Waals surface area contributed by atoms with Gasteiger partial charge in [0.1, 0.15) is 0 Å². The summed E-state index contributed by atoms with van der Waals surface area (Å²) in [6.07, 6.45) is 0. The molecule has 0 aromatic heterocycles. The van der Waals surface area contributed by atoms with E-state index in [2.05, 4.69) is 41.8 Å². The topological polar surface area (TPSA) is 103 Å². The third-order valence-corrected chi connectivity index (χ3v) is 8.37. The van der Waals surface area contributed by atoms with E-state index in [0.29, 0.717) is 29.0 Å². The molecule has 0 spiro atoms. The summed E-state index contributed by atoms with van der Waals surface area (Å²) in [6.45, 7) is 7.51. The fourth-order valence-electron chi connectivity index (χ4n) is 2.76. The van der Waals surface area contributed by atoms with Crippen LogP contribution in [-0.2, 0) is 14.8 Å². The Bertz CT molecular complexity index is 947. The van der Waals surface area contributed by atoms with Crippen molar-refractivity contribution in [1.29, 1.82) is 0 Å². The van der Waals surface area contributed by atoms with Crippen molar-refractivity contribution in [3.63, 3.8) is 0 Å². The molecule has 33 heavy (non-hydrogen) atoms. The van der Waals surface area contributed by atoms with Gasteiger partial charge in [-0.15, -0.1) is 0 Å². The first-order chi connectivity index (χ1) is 15.8. The molecule has 2 aromatic carbocycles. The Morgan fingerprint density at radius 2 is 1.88 bits per heavy atom. The third kappa shape index (κ3) is 9.90. The summed E-state index contributed by atoms with van der Waals surface area (Å²) in [5.74, 6) is 0.487. The Morgan fingerprint density at radius 3 is 2.55 bits per heavy atom. The van der Waals surface area contributed by atoms with E-state index in [9.17, 15) is 4.79 Å². The van der Waals surface area contributed by atoms with Crippen molar-refractivity contribution in [2.75, 3.05) is 33.7 Å². The van der Waals surface area contributed by atoms with Crippen molar-refractivity contribution >= 4 is 33.5 Å². The van der Waals surface area contributed by atoms with Crippen molar-refractivity contribution in [1.82, 2.24) is 0 Å². The fourth-order valence-corrected chi connectivity index (χ4v) is 5.36. The number of rotatable bonds is 14. The Labute approximate surface area is 202 Å².